The standard InChI is InChI=1S/C17H31N3O4S.HI/c1-23-12-16-11-20(7-8-24-16)17(19-15-4-2-3-5-15)18-10-14-6-9-25(21,22)13-14;/h14-16H,2-13H2,1H3,(H,18,19);1H. The van der Waals surface area contributed by atoms with E-state index in [9.17, 15) is 8.42 Å². The molecule has 2 heterocycles. The molecule has 0 bridgehead atoms. The quantitative estimate of drug-likeness (QED) is 0.348. The number of aliphatic imine (C=N–C) groups is 1. The summed E-state index contributed by atoms with van der Waals surface area (Å²) in [6.45, 7) is 3.39. The Hall–Kier alpha value is -0.130. The number of halogens is 1. The molecule has 0 spiro atoms. The number of nitrogens with one attached hydrogen (secondary N) is 1. The molecular weight excluding hydrogens is 469 g/mol. The highest BCUT2D eigenvalue weighted by Gasteiger charge is 2.29. The fourth-order valence-corrected chi connectivity index (χ4v) is 5.77. The Bertz CT molecular complexity index is 564. The van der Waals surface area contributed by atoms with Crippen molar-refractivity contribution in [2.45, 2.75) is 44.2 Å². The molecule has 1 saturated carbocycles. The van der Waals surface area contributed by atoms with E-state index < -0.39 is 9.84 Å². The third kappa shape index (κ3) is 6.49. The molecule has 152 valence electrons. The summed E-state index contributed by atoms with van der Waals surface area (Å²) in [5.41, 5.74) is 0. The number of hydrogen-bond donors (Lipinski definition) is 1. The Morgan fingerprint density at radius 3 is 2.73 bits per heavy atom. The van der Waals surface area contributed by atoms with Crippen molar-refractivity contribution >= 4 is 39.8 Å². The minimum Gasteiger partial charge on any atom is -0.382 e. The first kappa shape index (κ1) is 22.2. The predicted octanol–water partition coefficient (Wildman–Crippen LogP) is 1.27. The molecule has 3 rings (SSSR count). The van der Waals surface area contributed by atoms with E-state index in [1.54, 1.807) is 7.11 Å². The van der Waals surface area contributed by atoms with Gasteiger partial charge in [-0.05, 0) is 25.2 Å². The molecule has 0 aromatic heterocycles. The molecule has 0 aromatic carbocycles. The Balaban J connectivity index is 0.00000243. The highest BCUT2D eigenvalue weighted by Crippen LogP contribution is 2.20. The van der Waals surface area contributed by atoms with E-state index in [4.69, 9.17) is 14.5 Å². The second-order valence-corrected chi connectivity index (χ2v) is 9.68. The van der Waals surface area contributed by atoms with E-state index in [2.05, 4.69) is 10.2 Å². The summed E-state index contributed by atoms with van der Waals surface area (Å²) >= 11 is 0. The van der Waals surface area contributed by atoms with Gasteiger partial charge >= 0.3 is 0 Å². The number of methoxy groups -OCH3 is 1. The Morgan fingerprint density at radius 1 is 1.31 bits per heavy atom. The van der Waals surface area contributed by atoms with Crippen LogP contribution in [-0.4, -0.2) is 82.9 Å². The highest BCUT2D eigenvalue weighted by atomic mass is 127. The van der Waals surface area contributed by atoms with Gasteiger partial charge in [-0.1, -0.05) is 12.8 Å². The van der Waals surface area contributed by atoms with E-state index in [0.717, 1.165) is 25.5 Å². The Morgan fingerprint density at radius 2 is 2.08 bits per heavy atom. The maximum Gasteiger partial charge on any atom is 0.194 e. The molecule has 7 nitrogen and oxygen atoms in total. The lowest BCUT2D eigenvalue weighted by Gasteiger charge is -2.36. The van der Waals surface area contributed by atoms with Crippen LogP contribution in [0.25, 0.3) is 0 Å². The summed E-state index contributed by atoms with van der Waals surface area (Å²) < 4.78 is 34.3. The maximum atomic E-state index is 11.7. The van der Waals surface area contributed by atoms with E-state index in [-0.39, 0.29) is 41.8 Å². The predicted molar refractivity (Wildman–Crippen MR) is 113 cm³/mol. The van der Waals surface area contributed by atoms with E-state index in [0.29, 0.717) is 31.6 Å². The monoisotopic (exact) mass is 501 g/mol. The summed E-state index contributed by atoms with van der Waals surface area (Å²) in [5, 5.41) is 3.62. The van der Waals surface area contributed by atoms with Gasteiger partial charge in [0.2, 0.25) is 0 Å². The molecule has 26 heavy (non-hydrogen) atoms. The number of ether oxygens (including phenoxy) is 2. The number of guanidine groups is 1. The van der Waals surface area contributed by atoms with Crippen molar-refractivity contribution in [1.29, 1.82) is 0 Å². The van der Waals surface area contributed by atoms with Crippen molar-refractivity contribution in [2.24, 2.45) is 10.9 Å². The van der Waals surface area contributed by atoms with Gasteiger partial charge in [0, 0.05) is 32.8 Å². The molecule has 3 aliphatic rings. The smallest absolute Gasteiger partial charge is 0.194 e. The first-order chi connectivity index (χ1) is 12.1. The average molecular weight is 501 g/mol. The minimum absolute atomic E-state index is 0. The van der Waals surface area contributed by atoms with Crippen LogP contribution in [0.5, 0.6) is 0 Å². The fourth-order valence-electron chi connectivity index (χ4n) is 3.92. The van der Waals surface area contributed by atoms with Crippen molar-refractivity contribution in [2.75, 3.05) is 51.5 Å². The molecule has 0 radical (unpaired) electrons. The zero-order valence-electron chi connectivity index (χ0n) is 15.6. The van der Waals surface area contributed by atoms with Crippen molar-refractivity contribution in [3.05, 3.63) is 0 Å². The largest absolute Gasteiger partial charge is 0.382 e. The average Bonchev–Trinajstić information content (AvgIpc) is 3.21. The lowest BCUT2D eigenvalue weighted by molar-refractivity contribution is -0.0448. The van der Waals surface area contributed by atoms with Crippen LogP contribution in [-0.2, 0) is 19.3 Å². The van der Waals surface area contributed by atoms with E-state index in [1.807, 2.05) is 0 Å². The van der Waals surface area contributed by atoms with Gasteiger partial charge in [0.05, 0.1) is 30.8 Å². The van der Waals surface area contributed by atoms with Crippen molar-refractivity contribution < 1.29 is 17.9 Å². The number of hydrogen-bond acceptors (Lipinski definition) is 5. The van der Waals surface area contributed by atoms with Crippen molar-refractivity contribution in [3.63, 3.8) is 0 Å². The number of nitrogens with zero attached hydrogens (tertiary/aromatic N) is 2. The summed E-state index contributed by atoms with van der Waals surface area (Å²) in [6, 6.07) is 0.481. The number of rotatable bonds is 5. The van der Waals surface area contributed by atoms with Gasteiger partial charge < -0.3 is 19.7 Å². The molecule has 2 atom stereocenters. The molecule has 9 heteroatoms. The van der Waals surface area contributed by atoms with Gasteiger partial charge in [-0.15, -0.1) is 24.0 Å². The molecule has 2 unspecified atom stereocenters. The second kappa shape index (κ2) is 10.4. The summed E-state index contributed by atoms with van der Waals surface area (Å²) in [7, 11) is -1.16. The number of morpholine rings is 1. The molecule has 1 N–H and O–H groups in total. The number of sulfone groups is 1. The van der Waals surface area contributed by atoms with E-state index in [1.165, 1.54) is 25.7 Å². The van der Waals surface area contributed by atoms with Crippen LogP contribution in [0.4, 0.5) is 0 Å². The molecule has 2 aliphatic heterocycles. The lowest BCUT2D eigenvalue weighted by Crippen LogP contribution is -2.53. The summed E-state index contributed by atoms with van der Waals surface area (Å²) in [4.78, 5) is 7.07. The molecular formula is C17H32IN3O4S. The summed E-state index contributed by atoms with van der Waals surface area (Å²) in [5.74, 6) is 1.66. The minimum atomic E-state index is -2.85. The topological polar surface area (TPSA) is 80.2 Å². The molecule has 0 amide bonds. The highest BCUT2D eigenvalue weighted by molar-refractivity contribution is 14.0. The van der Waals surface area contributed by atoms with Crippen LogP contribution < -0.4 is 5.32 Å². The van der Waals surface area contributed by atoms with E-state index >= 15 is 0 Å². The van der Waals surface area contributed by atoms with Crippen LogP contribution in [0.1, 0.15) is 32.1 Å². The van der Waals surface area contributed by atoms with Gasteiger partial charge in [0.25, 0.3) is 0 Å². The van der Waals surface area contributed by atoms with Crippen molar-refractivity contribution in [1.82, 2.24) is 10.2 Å². The van der Waals surface area contributed by atoms with Crippen molar-refractivity contribution in [3.8, 4) is 0 Å². The Labute approximate surface area is 174 Å². The first-order valence-corrected chi connectivity index (χ1v) is 11.2. The normalized spacial score (nSPS) is 29.6. The van der Waals surface area contributed by atoms with Crippen LogP contribution in [0, 0.1) is 5.92 Å². The lowest BCUT2D eigenvalue weighted by atomic mass is 10.1. The summed E-state index contributed by atoms with van der Waals surface area (Å²) in [6.07, 6.45) is 5.69. The maximum absolute atomic E-state index is 11.7. The van der Waals surface area contributed by atoms with Crippen LogP contribution >= 0.6 is 24.0 Å². The van der Waals surface area contributed by atoms with Gasteiger partial charge in [-0.3, -0.25) is 4.99 Å². The molecule has 0 aromatic rings. The zero-order valence-corrected chi connectivity index (χ0v) is 18.7. The fraction of sp³-hybridized carbons (Fsp3) is 0.941. The third-order valence-electron chi connectivity index (χ3n) is 5.31. The molecule has 3 fully saturated rings. The third-order valence-corrected chi connectivity index (χ3v) is 7.14. The van der Waals surface area contributed by atoms with Gasteiger partial charge in [-0.25, -0.2) is 8.42 Å². The molecule has 1 aliphatic carbocycles. The molecule has 2 saturated heterocycles. The van der Waals surface area contributed by atoms with Gasteiger partial charge in [-0.2, -0.15) is 0 Å². The Kier molecular flexibility index (Phi) is 8.89. The first-order valence-electron chi connectivity index (χ1n) is 9.42. The van der Waals surface area contributed by atoms with Gasteiger partial charge in [0.15, 0.2) is 15.8 Å². The van der Waals surface area contributed by atoms with Crippen LogP contribution in [0.3, 0.4) is 0 Å². The van der Waals surface area contributed by atoms with Crippen LogP contribution in [0.15, 0.2) is 4.99 Å². The van der Waals surface area contributed by atoms with Crippen LogP contribution in [0.2, 0.25) is 0 Å². The zero-order chi connectivity index (χ0) is 17.7. The van der Waals surface area contributed by atoms with Gasteiger partial charge in [0.1, 0.15) is 0 Å². The second-order valence-electron chi connectivity index (χ2n) is 7.45. The SMILES string of the molecule is COCC1CN(C(=NCC2CCS(=O)(=O)C2)NC2CCCC2)CCO1.I.